The van der Waals surface area contributed by atoms with Crippen LogP contribution >= 0.6 is 0 Å². The molecule has 5 heteroatoms. The zero-order valence-corrected chi connectivity index (χ0v) is 12.6. The first-order chi connectivity index (χ1) is 10.3. The summed E-state index contributed by atoms with van der Waals surface area (Å²) in [6, 6.07) is 8.25. The highest BCUT2D eigenvalue weighted by Crippen LogP contribution is 2.06. The topological polar surface area (TPSA) is 59.6 Å². The van der Waals surface area contributed by atoms with E-state index in [9.17, 15) is 4.79 Å². The molecule has 1 aliphatic rings. The molecule has 5 nitrogen and oxygen atoms in total. The number of morpholine rings is 1. The molecule has 0 bridgehead atoms. The van der Waals surface area contributed by atoms with Crippen LogP contribution < -0.4 is 10.6 Å². The average molecular weight is 292 g/mol. The van der Waals surface area contributed by atoms with Crippen molar-refractivity contribution >= 4 is 5.91 Å². The second-order valence-corrected chi connectivity index (χ2v) is 5.16. The molecule has 2 rings (SSSR count). The summed E-state index contributed by atoms with van der Waals surface area (Å²) >= 11 is 0. The molecule has 1 atom stereocenters. The monoisotopic (exact) mass is 292 g/mol. The second kappa shape index (κ2) is 8.77. The fourth-order valence-electron chi connectivity index (χ4n) is 2.22. The van der Waals surface area contributed by atoms with Gasteiger partial charge in [0.1, 0.15) is 0 Å². The molecule has 116 valence electrons. The van der Waals surface area contributed by atoms with E-state index >= 15 is 0 Å². The van der Waals surface area contributed by atoms with Crippen LogP contribution in [0.4, 0.5) is 0 Å². The van der Waals surface area contributed by atoms with Crippen molar-refractivity contribution < 1.29 is 14.3 Å². The maximum absolute atomic E-state index is 11.9. The van der Waals surface area contributed by atoms with Gasteiger partial charge in [0.05, 0.1) is 19.8 Å². The van der Waals surface area contributed by atoms with Crippen LogP contribution in [-0.4, -0.2) is 38.3 Å². The Balaban J connectivity index is 1.70. The maximum Gasteiger partial charge on any atom is 0.221 e. The molecular formula is C16H24N2O3. The van der Waals surface area contributed by atoms with Crippen LogP contribution in [0.2, 0.25) is 0 Å². The molecule has 21 heavy (non-hydrogen) atoms. The van der Waals surface area contributed by atoms with Crippen molar-refractivity contribution in [2.45, 2.75) is 32.5 Å². The number of carbonyl (C=O) groups excluding carboxylic acids is 1. The summed E-state index contributed by atoms with van der Waals surface area (Å²) in [6.07, 6.45) is 0.461. The molecule has 1 saturated heterocycles. The summed E-state index contributed by atoms with van der Waals surface area (Å²) in [6.45, 7) is 6.05. The van der Waals surface area contributed by atoms with Crippen molar-refractivity contribution in [1.29, 1.82) is 0 Å². The molecule has 1 aromatic carbocycles. The predicted molar refractivity (Wildman–Crippen MR) is 80.8 cm³/mol. The van der Waals surface area contributed by atoms with E-state index in [1.165, 1.54) is 0 Å². The number of amides is 1. The van der Waals surface area contributed by atoms with E-state index in [1.54, 1.807) is 0 Å². The maximum atomic E-state index is 11.9. The normalized spacial score (nSPS) is 18.4. The quantitative estimate of drug-likeness (QED) is 0.793. The third-order valence-electron chi connectivity index (χ3n) is 3.42. The Kier molecular flexibility index (Phi) is 6.66. The summed E-state index contributed by atoms with van der Waals surface area (Å²) in [7, 11) is 0. The number of hydrogen-bond donors (Lipinski definition) is 2. The molecule has 1 amide bonds. The van der Waals surface area contributed by atoms with Gasteiger partial charge in [-0.05, 0) is 18.1 Å². The molecule has 1 unspecified atom stereocenters. The van der Waals surface area contributed by atoms with Gasteiger partial charge in [-0.15, -0.1) is 0 Å². The molecule has 0 aromatic heterocycles. The van der Waals surface area contributed by atoms with E-state index in [0.29, 0.717) is 26.2 Å². The van der Waals surface area contributed by atoms with Gasteiger partial charge in [0.2, 0.25) is 5.91 Å². The van der Waals surface area contributed by atoms with Crippen LogP contribution in [-0.2, 0) is 27.4 Å². The number of hydrogen-bond acceptors (Lipinski definition) is 4. The lowest BCUT2D eigenvalue weighted by Crippen LogP contribution is -2.44. The smallest absolute Gasteiger partial charge is 0.221 e. The molecule has 1 fully saturated rings. The highest BCUT2D eigenvalue weighted by Gasteiger charge is 2.16. The molecular weight excluding hydrogens is 268 g/mol. The highest BCUT2D eigenvalue weighted by atomic mass is 16.5. The number of ether oxygens (including phenoxy) is 2. The van der Waals surface area contributed by atoms with Crippen molar-refractivity contribution in [3.05, 3.63) is 35.4 Å². The summed E-state index contributed by atoms with van der Waals surface area (Å²) in [4.78, 5) is 11.9. The van der Waals surface area contributed by atoms with Crippen LogP contribution in [0.3, 0.4) is 0 Å². The third kappa shape index (κ3) is 5.83. The van der Waals surface area contributed by atoms with Gasteiger partial charge in [-0.1, -0.05) is 24.3 Å². The number of benzene rings is 1. The standard InChI is InChI=1S/C16H24N2O3/c1-2-20-11-14-5-3-13(4-6-14)10-18-16(19)9-15-12-21-8-7-17-15/h3-6,15,17H,2,7-12H2,1H3,(H,18,19). The van der Waals surface area contributed by atoms with Gasteiger partial charge < -0.3 is 20.1 Å². The minimum Gasteiger partial charge on any atom is -0.378 e. The Bertz CT molecular complexity index is 428. The van der Waals surface area contributed by atoms with Crippen molar-refractivity contribution in [3.63, 3.8) is 0 Å². The van der Waals surface area contributed by atoms with Gasteiger partial charge in [-0.3, -0.25) is 4.79 Å². The number of rotatable bonds is 7. The first-order valence-corrected chi connectivity index (χ1v) is 7.51. The molecule has 1 aliphatic heterocycles. The first kappa shape index (κ1) is 15.9. The van der Waals surface area contributed by atoms with Crippen molar-refractivity contribution in [1.82, 2.24) is 10.6 Å². The summed E-state index contributed by atoms with van der Waals surface area (Å²) < 4.78 is 10.7. The molecule has 0 aliphatic carbocycles. The van der Waals surface area contributed by atoms with Crippen LogP contribution in [0, 0.1) is 0 Å². The van der Waals surface area contributed by atoms with Crippen LogP contribution in [0.1, 0.15) is 24.5 Å². The minimum atomic E-state index is 0.0522. The average Bonchev–Trinajstić information content (AvgIpc) is 2.53. The SMILES string of the molecule is CCOCc1ccc(CNC(=O)CC2COCCN2)cc1. The molecule has 0 saturated carbocycles. The second-order valence-electron chi connectivity index (χ2n) is 5.16. The van der Waals surface area contributed by atoms with Crippen molar-refractivity contribution in [3.8, 4) is 0 Å². The first-order valence-electron chi connectivity index (χ1n) is 7.51. The van der Waals surface area contributed by atoms with Crippen LogP contribution in [0.25, 0.3) is 0 Å². The molecule has 1 aromatic rings. The fourth-order valence-corrected chi connectivity index (χ4v) is 2.22. The number of nitrogens with one attached hydrogen (secondary N) is 2. The van der Waals surface area contributed by atoms with Gasteiger partial charge in [0.25, 0.3) is 0 Å². The Labute approximate surface area is 126 Å². The van der Waals surface area contributed by atoms with E-state index < -0.39 is 0 Å². The molecule has 2 N–H and O–H groups in total. The predicted octanol–water partition coefficient (Wildman–Crippen LogP) is 1.22. The van der Waals surface area contributed by atoms with Crippen molar-refractivity contribution in [2.75, 3.05) is 26.4 Å². The Morgan fingerprint density at radius 3 is 2.81 bits per heavy atom. The van der Waals surface area contributed by atoms with Gasteiger partial charge in [-0.2, -0.15) is 0 Å². The zero-order valence-electron chi connectivity index (χ0n) is 12.6. The van der Waals surface area contributed by atoms with E-state index in [2.05, 4.69) is 10.6 Å². The number of carbonyl (C=O) groups is 1. The fraction of sp³-hybridized carbons (Fsp3) is 0.562. The van der Waals surface area contributed by atoms with E-state index in [1.807, 2.05) is 31.2 Å². The lowest BCUT2D eigenvalue weighted by Gasteiger charge is -2.23. The summed E-state index contributed by atoms with van der Waals surface area (Å²) in [5.74, 6) is 0.0522. The van der Waals surface area contributed by atoms with Gasteiger partial charge in [-0.25, -0.2) is 0 Å². The Morgan fingerprint density at radius 1 is 1.38 bits per heavy atom. The van der Waals surface area contributed by atoms with Crippen LogP contribution in [0.5, 0.6) is 0 Å². The van der Waals surface area contributed by atoms with Crippen LogP contribution in [0.15, 0.2) is 24.3 Å². The van der Waals surface area contributed by atoms with E-state index in [4.69, 9.17) is 9.47 Å². The van der Waals surface area contributed by atoms with Gasteiger partial charge >= 0.3 is 0 Å². The third-order valence-corrected chi connectivity index (χ3v) is 3.42. The summed E-state index contributed by atoms with van der Waals surface area (Å²) in [5, 5.41) is 6.22. The van der Waals surface area contributed by atoms with E-state index in [0.717, 1.165) is 30.9 Å². The minimum absolute atomic E-state index is 0.0522. The molecule has 0 radical (unpaired) electrons. The largest absolute Gasteiger partial charge is 0.378 e. The van der Waals surface area contributed by atoms with Crippen molar-refractivity contribution in [2.24, 2.45) is 0 Å². The van der Waals surface area contributed by atoms with Gasteiger partial charge in [0, 0.05) is 32.2 Å². The summed E-state index contributed by atoms with van der Waals surface area (Å²) in [5.41, 5.74) is 2.24. The van der Waals surface area contributed by atoms with E-state index in [-0.39, 0.29) is 11.9 Å². The molecule has 0 spiro atoms. The lowest BCUT2D eigenvalue weighted by molar-refractivity contribution is -0.122. The Morgan fingerprint density at radius 2 is 2.14 bits per heavy atom. The van der Waals surface area contributed by atoms with Gasteiger partial charge in [0.15, 0.2) is 0 Å². The highest BCUT2D eigenvalue weighted by molar-refractivity contribution is 5.76. The lowest BCUT2D eigenvalue weighted by atomic mass is 10.1. The molecule has 1 heterocycles. The zero-order chi connectivity index (χ0) is 14.9. The Hall–Kier alpha value is -1.43.